The molecule has 0 bridgehead atoms. The molecular weight excluding hydrogens is 353 g/mol. The minimum Gasteiger partial charge on any atom is -0.334 e. The van der Waals surface area contributed by atoms with Crippen molar-refractivity contribution in [3.63, 3.8) is 0 Å². The Morgan fingerprint density at radius 2 is 2.32 bits per heavy atom. The normalized spacial score (nSPS) is 19.6. The lowest BCUT2D eigenvalue weighted by Gasteiger charge is -2.19. The lowest BCUT2D eigenvalue weighted by Crippen LogP contribution is -2.28. The van der Waals surface area contributed by atoms with Crippen LogP contribution in [0.4, 0.5) is 0 Å². The van der Waals surface area contributed by atoms with Gasteiger partial charge in [0.15, 0.2) is 5.82 Å². The lowest BCUT2D eigenvalue weighted by molar-refractivity contribution is 0.393. The Morgan fingerprint density at radius 1 is 1.42 bits per heavy atom. The number of rotatable bonds is 2. The summed E-state index contributed by atoms with van der Waals surface area (Å²) < 4.78 is 6.62. The summed E-state index contributed by atoms with van der Waals surface area (Å²) in [5.74, 6) is 1.85. The standard InChI is InChI=1S/C14H16IN3O/c1-9-4-2-6-11(12(9)15)14-17-13(18-19-14)10-5-3-7-16-8-10/h2,4,6,10,16H,3,5,7-8H2,1H3. The van der Waals surface area contributed by atoms with Gasteiger partial charge in [-0.05, 0) is 60.5 Å². The minimum absolute atomic E-state index is 0.383. The van der Waals surface area contributed by atoms with Crippen LogP contribution in [0.2, 0.25) is 0 Å². The first-order chi connectivity index (χ1) is 9.25. The summed E-state index contributed by atoms with van der Waals surface area (Å²) in [6, 6.07) is 6.15. The first-order valence-electron chi connectivity index (χ1n) is 6.55. The smallest absolute Gasteiger partial charge is 0.259 e. The zero-order valence-corrected chi connectivity index (χ0v) is 13.0. The summed E-state index contributed by atoms with van der Waals surface area (Å²) >= 11 is 2.33. The highest BCUT2D eigenvalue weighted by Crippen LogP contribution is 2.28. The fourth-order valence-electron chi connectivity index (χ4n) is 2.39. The zero-order chi connectivity index (χ0) is 13.2. The van der Waals surface area contributed by atoms with Crippen molar-refractivity contribution in [3.8, 4) is 11.5 Å². The van der Waals surface area contributed by atoms with Crippen LogP contribution in [-0.4, -0.2) is 23.2 Å². The van der Waals surface area contributed by atoms with Crippen molar-refractivity contribution < 1.29 is 4.52 Å². The first kappa shape index (κ1) is 13.1. The van der Waals surface area contributed by atoms with E-state index in [1.807, 2.05) is 12.1 Å². The highest BCUT2D eigenvalue weighted by molar-refractivity contribution is 14.1. The van der Waals surface area contributed by atoms with Crippen molar-refractivity contribution in [1.29, 1.82) is 0 Å². The predicted molar refractivity (Wildman–Crippen MR) is 82.0 cm³/mol. The van der Waals surface area contributed by atoms with Crippen LogP contribution >= 0.6 is 22.6 Å². The van der Waals surface area contributed by atoms with Crippen LogP contribution in [0.15, 0.2) is 22.7 Å². The Bertz CT molecular complexity index is 576. The third-order valence-electron chi connectivity index (χ3n) is 3.53. The molecule has 0 aliphatic carbocycles. The van der Waals surface area contributed by atoms with Crippen molar-refractivity contribution in [2.24, 2.45) is 0 Å². The van der Waals surface area contributed by atoms with E-state index in [-0.39, 0.29) is 0 Å². The Balaban J connectivity index is 1.90. The fourth-order valence-corrected chi connectivity index (χ4v) is 2.99. The third-order valence-corrected chi connectivity index (χ3v) is 4.96. The topological polar surface area (TPSA) is 51.0 Å². The summed E-state index contributed by atoms with van der Waals surface area (Å²) in [4.78, 5) is 4.58. The van der Waals surface area contributed by atoms with Crippen molar-refractivity contribution in [3.05, 3.63) is 33.2 Å². The van der Waals surface area contributed by atoms with E-state index >= 15 is 0 Å². The number of piperidine rings is 1. The summed E-state index contributed by atoms with van der Waals surface area (Å²) in [6.07, 6.45) is 2.31. The highest BCUT2D eigenvalue weighted by atomic mass is 127. The van der Waals surface area contributed by atoms with Crippen molar-refractivity contribution in [2.75, 3.05) is 13.1 Å². The summed E-state index contributed by atoms with van der Waals surface area (Å²) in [6.45, 7) is 4.13. The van der Waals surface area contributed by atoms with E-state index in [0.717, 1.165) is 30.9 Å². The monoisotopic (exact) mass is 369 g/mol. The van der Waals surface area contributed by atoms with Gasteiger partial charge in [-0.15, -0.1) is 0 Å². The van der Waals surface area contributed by atoms with Gasteiger partial charge in [0.2, 0.25) is 0 Å². The number of halogens is 1. The molecule has 0 amide bonds. The van der Waals surface area contributed by atoms with Crippen LogP contribution in [-0.2, 0) is 0 Å². The average Bonchev–Trinajstić information content (AvgIpc) is 2.92. The maximum absolute atomic E-state index is 5.45. The number of hydrogen-bond acceptors (Lipinski definition) is 4. The Kier molecular flexibility index (Phi) is 3.83. The number of nitrogens with one attached hydrogen (secondary N) is 1. The van der Waals surface area contributed by atoms with Gasteiger partial charge in [-0.1, -0.05) is 17.3 Å². The Labute approximate surface area is 126 Å². The second-order valence-electron chi connectivity index (χ2n) is 4.94. The van der Waals surface area contributed by atoms with Gasteiger partial charge in [-0.2, -0.15) is 4.98 Å². The molecule has 1 fully saturated rings. The number of aromatic nitrogens is 2. The largest absolute Gasteiger partial charge is 0.334 e. The molecule has 0 spiro atoms. The molecule has 100 valence electrons. The lowest BCUT2D eigenvalue weighted by atomic mass is 9.99. The van der Waals surface area contributed by atoms with Crippen molar-refractivity contribution >= 4 is 22.6 Å². The molecule has 1 saturated heterocycles. The molecule has 1 aromatic carbocycles. The van der Waals surface area contributed by atoms with Crippen molar-refractivity contribution in [2.45, 2.75) is 25.7 Å². The van der Waals surface area contributed by atoms with Crippen LogP contribution in [0.25, 0.3) is 11.5 Å². The number of hydrogen-bond donors (Lipinski definition) is 1. The molecule has 5 heteroatoms. The average molecular weight is 369 g/mol. The summed E-state index contributed by atoms with van der Waals surface area (Å²) in [5.41, 5.74) is 2.26. The fraction of sp³-hybridized carbons (Fsp3) is 0.429. The van der Waals surface area contributed by atoms with Gasteiger partial charge >= 0.3 is 0 Å². The van der Waals surface area contributed by atoms with E-state index in [9.17, 15) is 0 Å². The van der Waals surface area contributed by atoms with E-state index in [1.165, 1.54) is 15.6 Å². The van der Waals surface area contributed by atoms with Crippen LogP contribution < -0.4 is 5.32 Å². The number of aryl methyl sites for hydroxylation is 1. The molecule has 2 aromatic rings. The van der Waals surface area contributed by atoms with Gasteiger partial charge in [0, 0.05) is 16.0 Å². The maximum Gasteiger partial charge on any atom is 0.259 e. The van der Waals surface area contributed by atoms with Gasteiger partial charge in [0.25, 0.3) is 5.89 Å². The maximum atomic E-state index is 5.45. The zero-order valence-electron chi connectivity index (χ0n) is 10.8. The van der Waals surface area contributed by atoms with E-state index < -0.39 is 0 Å². The molecule has 1 atom stereocenters. The molecule has 19 heavy (non-hydrogen) atoms. The van der Waals surface area contributed by atoms with Crippen LogP contribution in [0.5, 0.6) is 0 Å². The van der Waals surface area contributed by atoms with Crippen LogP contribution in [0.1, 0.15) is 30.1 Å². The minimum atomic E-state index is 0.383. The Morgan fingerprint density at radius 3 is 3.11 bits per heavy atom. The van der Waals surface area contributed by atoms with Gasteiger partial charge in [0.05, 0.1) is 5.56 Å². The molecule has 3 rings (SSSR count). The summed E-state index contributed by atoms with van der Waals surface area (Å²) in [5, 5.41) is 7.54. The second-order valence-corrected chi connectivity index (χ2v) is 6.02. The molecular formula is C14H16IN3O. The molecule has 2 heterocycles. The Hall–Kier alpha value is -0.950. The molecule has 1 aliphatic rings. The second kappa shape index (κ2) is 5.58. The van der Waals surface area contributed by atoms with E-state index in [0.29, 0.717) is 11.8 Å². The summed E-state index contributed by atoms with van der Waals surface area (Å²) in [7, 11) is 0. The molecule has 0 saturated carbocycles. The van der Waals surface area contributed by atoms with E-state index in [2.05, 4.69) is 51.0 Å². The van der Waals surface area contributed by atoms with Gasteiger partial charge in [0.1, 0.15) is 0 Å². The molecule has 0 radical (unpaired) electrons. The molecule has 1 aliphatic heterocycles. The number of nitrogens with zero attached hydrogens (tertiary/aromatic N) is 2. The van der Waals surface area contributed by atoms with E-state index in [4.69, 9.17) is 4.52 Å². The number of benzene rings is 1. The highest BCUT2D eigenvalue weighted by Gasteiger charge is 2.21. The quantitative estimate of drug-likeness (QED) is 0.827. The van der Waals surface area contributed by atoms with Gasteiger partial charge < -0.3 is 9.84 Å². The van der Waals surface area contributed by atoms with Gasteiger partial charge in [-0.3, -0.25) is 0 Å². The van der Waals surface area contributed by atoms with Crippen molar-refractivity contribution in [1.82, 2.24) is 15.5 Å². The molecule has 1 unspecified atom stereocenters. The van der Waals surface area contributed by atoms with Gasteiger partial charge in [-0.25, -0.2) is 0 Å². The molecule has 4 nitrogen and oxygen atoms in total. The third kappa shape index (κ3) is 2.67. The SMILES string of the molecule is Cc1cccc(-c2nc(C3CCCNC3)no2)c1I. The predicted octanol–water partition coefficient (Wildman–Crippen LogP) is 3.12. The van der Waals surface area contributed by atoms with Crippen LogP contribution in [0.3, 0.4) is 0 Å². The molecule has 1 aromatic heterocycles. The first-order valence-corrected chi connectivity index (χ1v) is 7.63. The van der Waals surface area contributed by atoms with Crippen LogP contribution in [0, 0.1) is 10.5 Å². The molecule has 1 N–H and O–H groups in total. The van der Waals surface area contributed by atoms with E-state index in [1.54, 1.807) is 0 Å².